The van der Waals surface area contributed by atoms with Crippen molar-refractivity contribution in [2.75, 3.05) is 32.8 Å². The maximum atomic E-state index is 14.0. The number of halogens is 1. The molecule has 0 aromatic heterocycles. The summed E-state index contributed by atoms with van der Waals surface area (Å²) >= 11 is 0. The van der Waals surface area contributed by atoms with Crippen LogP contribution in [0, 0.1) is 5.82 Å². The molecule has 1 saturated heterocycles. The number of carboxylic acids is 1. The van der Waals surface area contributed by atoms with Crippen molar-refractivity contribution in [3.8, 4) is 5.75 Å². The molecular weight excluding hydrogens is 343 g/mol. The number of hydrogen-bond acceptors (Lipinski definition) is 5. The van der Waals surface area contributed by atoms with Crippen molar-refractivity contribution in [1.82, 2.24) is 9.80 Å². The second-order valence-electron chi connectivity index (χ2n) is 7.15. The van der Waals surface area contributed by atoms with Gasteiger partial charge in [0.25, 0.3) is 0 Å². The maximum Gasteiger partial charge on any atom is 0.410 e. The Hall–Kier alpha value is -2.35. The fourth-order valence-electron chi connectivity index (χ4n) is 2.63. The highest BCUT2D eigenvalue weighted by molar-refractivity contribution is 5.68. The van der Waals surface area contributed by atoms with Gasteiger partial charge < -0.3 is 19.5 Å². The Morgan fingerprint density at radius 2 is 1.85 bits per heavy atom. The fourth-order valence-corrected chi connectivity index (χ4v) is 2.63. The van der Waals surface area contributed by atoms with Crippen LogP contribution in [0.2, 0.25) is 0 Å². The summed E-state index contributed by atoms with van der Waals surface area (Å²) in [5.41, 5.74) is 0.0450. The minimum Gasteiger partial charge on any atom is -0.479 e. The lowest BCUT2D eigenvalue weighted by Crippen LogP contribution is -2.49. The molecule has 1 aliphatic rings. The van der Waals surface area contributed by atoms with E-state index in [1.165, 1.54) is 6.07 Å². The molecule has 144 valence electrons. The molecule has 26 heavy (non-hydrogen) atoms. The quantitative estimate of drug-likeness (QED) is 0.859. The van der Waals surface area contributed by atoms with Crippen LogP contribution in [0.5, 0.6) is 5.75 Å². The Morgan fingerprint density at radius 1 is 1.19 bits per heavy atom. The third-order valence-corrected chi connectivity index (χ3v) is 3.81. The lowest BCUT2D eigenvalue weighted by molar-refractivity contribution is -0.139. The smallest absolute Gasteiger partial charge is 0.410 e. The molecular formula is C18H25FN2O5. The molecule has 2 rings (SSSR count). The van der Waals surface area contributed by atoms with Crippen molar-refractivity contribution in [2.24, 2.45) is 0 Å². The van der Waals surface area contributed by atoms with Crippen molar-refractivity contribution in [2.45, 2.75) is 32.9 Å². The predicted octanol–water partition coefficient (Wildman–Crippen LogP) is 2.34. The zero-order chi connectivity index (χ0) is 19.3. The van der Waals surface area contributed by atoms with E-state index in [0.717, 1.165) is 0 Å². The lowest BCUT2D eigenvalue weighted by atomic mass is 10.1. The van der Waals surface area contributed by atoms with Gasteiger partial charge in [0.2, 0.25) is 0 Å². The summed E-state index contributed by atoms with van der Waals surface area (Å²) in [4.78, 5) is 26.5. The standard InChI is InChI=1S/C18H25FN2O5/c1-18(2,3)26-17(24)21-9-7-20(8-10-21)11-13-5-4-6-14(19)16(13)25-12-15(22)23/h4-6H,7-12H2,1-3H3,(H,22,23). The van der Waals surface area contributed by atoms with Gasteiger partial charge in [0.1, 0.15) is 5.60 Å². The largest absolute Gasteiger partial charge is 0.479 e. The first-order valence-corrected chi connectivity index (χ1v) is 8.48. The average Bonchev–Trinajstić information content (AvgIpc) is 2.53. The van der Waals surface area contributed by atoms with E-state index in [4.69, 9.17) is 14.6 Å². The summed E-state index contributed by atoms with van der Waals surface area (Å²) in [5, 5.41) is 8.73. The molecule has 1 aromatic carbocycles. The summed E-state index contributed by atoms with van der Waals surface area (Å²) in [5.74, 6) is -1.79. The van der Waals surface area contributed by atoms with Crippen molar-refractivity contribution in [1.29, 1.82) is 0 Å². The summed E-state index contributed by atoms with van der Waals surface area (Å²) in [6.07, 6.45) is -0.339. The number of carbonyl (C=O) groups excluding carboxylic acids is 1. The highest BCUT2D eigenvalue weighted by Crippen LogP contribution is 2.25. The number of amides is 1. The Bertz CT molecular complexity index is 651. The number of carbonyl (C=O) groups is 2. The molecule has 0 aliphatic carbocycles. The van der Waals surface area contributed by atoms with Crippen LogP contribution in [0.3, 0.4) is 0 Å². The molecule has 1 fully saturated rings. The molecule has 7 nitrogen and oxygen atoms in total. The average molecular weight is 368 g/mol. The van der Waals surface area contributed by atoms with Crippen LogP contribution in [0.4, 0.5) is 9.18 Å². The van der Waals surface area contributed by atoms with Crippen molar-refractivity contribution < 1.29 is 28.6 Å². The number of hydrogen-bond donors (Lipinski definition) is 1. The van der Waals surface area contributed by atoms with E-state index in [0.29, 0.717) is 38.3 Å². The number of aliphatic carboxylic acids is 1. The minimum atomic E-state index is -1.16. The monoisotopic (exact) mass is 368 g/mol. The Morgan fingerprint density at radius 3 is 2.42 bits per heavy atom. The predicted molar refractivity (Wildman–Crippen MR) is 92.6 cm³/mol. The van der Waals surface area contributed by atoms with Crippen LogP contribution < -0.4 is 4.74 Å². The Kier molecular flexibility index (Phi) is 6.42. The van der Waals surface area contributed by atoms with E-state index in [9.17, 15) is 14.0 Å². The first-order chi connectivity index (χ1) is 12.2. The van der Waals surface area contributed by atoms with E-state index in [-0.39, 0.29) is 11.8 Å². The van der Waals surface area contributed by atoms with Crippen LogP contribution in [0.15, 0.2) is 18.2 Å². The molecule has 0 unspecified atom stereocenters. The fraction of sp³-hybridized carbons (Fsp3) is 0.556. The first-order valence-electron chi connectivity index (χ1n) is 8.48. The number of nitrogens with zero attached hydrogens (tertiary/aromatic N) is 2. The second kappa shape index (κ2) is 8.35. The highest BCUT2D eigenvalue weighted by atomic mass is 19.1. The number of benzene rings is 1. The van der Waals surface area contributed by atoms with Crippen molar-refractivity contribution in [3.05, 3.63) is 29.6 Å². The van der Waals surface area contributed by atoms with Gasteiger partial charge in [0.05, 0.1) is 0 Å². The molecule has 1 amide bonds. The van der Waals surface area contributed by atoms with Gasteiger partial charge in [0.15, 0.2) is 18.2 Å². The van der Waals surface area contributed by atoms with E-state index < -0.39 is 24.0 Å². The molecule has 1 heterocycles. The summed E-state index contributed by atoms with van der Waals surface area (Å²) in [7, 11) is 0. The summed E-state index contributed by atoms with van der Waals surface area (Å²) in [6.45, 7) is 7.51. The number of carboxylic acid groups (broad SMARTS) is 1. The minimum absolute atomic E-state index is 0.0375. The second-order valence-corrected chi connectivity index (χ2v) is 7.15. The Labute approximate surface area is 152 Å². The molecule has 0 saturated carbocycles. The number of piperazine rings is 1. The van der Waals surface area contributed by atoms with Gasteiger partial charge in [-0.15, -0.1) is 0 Å². The van der Waals surface area contributed by atoms with Crippen molar-refractivity contribution in [3.63, 3.8) is 0 Å². The van der Waals surface area contributed by atoms with E-state index in [1.54, 1.807) is 17.0 Å². The topological polar surface area (TPSA) is 79.3 Å². The van der Waals surface area contributed by atoms with Gasteiger partial charge in [-0.25, -0.2) is 14.0 Å². The Balaban J connectivity index is 1.94. The normalized spacial score (nSPS) is 15.6. The van der Waals surface area contributed by atoms with Crippen LogP contribution in [0.25, 0.3) is 0 Å². The molecule has 1 aromatic rings. The van der Waals surface area contributed by atoms with Gasteiger partial charge in [-0.05, 0) is 26.8 Å². The van der Waals surface area contributed by atoms with Crippen molar-refractivity contribution >= 4 is 12.1 Å². The molecule has 0 spiro atoms. The van der Waals surface area contributed by atoms with Gasteiger partial charge in [-0.2, -0.15) is 0 Å². The van der Waals surface area contributed by atoms with E-state index in [1.807, 2.05) is 20.8 Å². The third-order valence-electron chi connectivity index (χ3n) is 3.81. The van der Waals surface area contributed by atoms with Crippen LogP contribution in [-0.4, -0.2) is 65.4 Å². The van der Waals surface area contributed by atoms with Crippen LogP contribution in [0.1, 0.15) is 26.3 Å². The number of ether oxygens (including phenoxy) is 2. The summed E-state index contributed by atoms with van der Waals surface area (Å²) in [6, 6.07) is 4.51. The van der Waals surface area contributed by atoms with Gasteiger partial charge in [-0.1, -0.05) is 12.1 Å². The molecule has 1 aliphatic heterocycles. The summed E-state index contributed by atoms with van der Waals surface area (Å²) < 4.78 is 24.4. The van der Waals surface area contributed by atoms with Crippen LogP contribution in [-0.2, 0) is 16.1 Å². The third kappa shape index (κ3) is 5.87. The first kappa shape index (κ1) is 20.0. The van der Waals surface area contributed by atoms with Gasteiger partial charge in [0, 0.05) is 38.3 Å². The van der Waals surface area contributed by atoms with Gasteiger partial charge >= 0.3 is 12.1 Å². The molecule has 8 heteroatoms. The zero-order valence-corrected chi connectivity index (χ0v) is 15.3. The number of rotatable bonds is 5. The molecule has 0 bridgehead atoms. The SMILES string of the molecule is CC(C)(C)OC(=O)N1CCN(Cc2cccc(F)c2OCC(=O)O)CC1. The molecule has 0 atom stereocenters. The number of para-hydroxylation sites is 1. The zero-order valence-electron chi connectivity index (χ0n) is 15.3. The van der Waals surface area contributed by atoms with Gasteiger partial charge in [-0.3, -0.25) is 4.90 Å². The molecule has 0 radical (unpaired) electrons. The lowest BCUT2D eigenvalue weighted by Gasteiger charge is -2.35. The highest BCUT2D eigenvalue weighted by Gasteiger charge is 2.26. The van der Waals surface area contributed by atoms with E-state index >= 15 is 0 Å². The molecule has 1 N–H and O–H groups in total. The van der Waals surface area contributed by atoms with E-state index in [2.05, 4.69) is 4.90 Å². The van der Waals surface area contributed by atoms with Crippen LogP contribution >= 0.6 is 0 Å². The maximum absolute atomic E-state index is 14.0.